The lowest BCUT2D eigenvalue weighted by atomic mass is 10.2. The maximum Gasteiger partial charge on any atom is 0.0991 e. The minimum absolute atomic E-state index is 0.591. The van der Waals surface area contributed by atoms with Gasteiger partial charge in [0.2, 0.25) is 0 Å². The molecule has 0 bridgehead atoms. The van der Waals surface area contributed by atoms with E-state index >= 15 is 0 Å². The third-order valence-corrected chi connectivity index (χ3v) is 0.817. The summed E-state index contributed by atoms with van der Waals surface area (Å²) in [7, 11) is 0. The van der Waals surface area contributed by atoms with Crippen LogP contribution in [0.25, 0.3) is 0 Å². The summed E-state index contributed by atoms with van der Waals surface area (Å²) >= 11 is 0. The van der Waals surface area contributed by atoms with E-state index in [0.717, 1.165) is 0 Å². The molecule has 0 aliphatic rings. The van der Waals surface area contributed by atoms with Crippen LogP contribution in [-0.4, -0.2) is 0 Å². The molecule has 0 rings (SSSR count). The Morgan fingerprint density at radius 3 is 2.67 bits per heavy atom. The molecule has 0 radical (unpaired) electrons. The molecule has 0 unspecified atom stereocenters. The Hall–Kier alpha value is -1.29. The number of allylic oxidation sites excluding steroid dienone is 5. The maximum absolute atomic E-state index is 8.33. The van der Waals surface area contributed by atoms with Gasteiger partial charge in [-0.15, -0.1) is 0 Å². The van der Waals surface area contributed by atoms with Crippen molar-refractivity contribution in [2.75, 3.05) is 0 Å². The first-order valence-electron chi connectivity index (χ1n) is 2.70. The smallest absolute Gasteiger partial charge is 0.0991 e. The molecule has 0 spiro atoms. The highest BCUT2D eigenvalue weighted by Gasteiger charge is 1.79. The first-order valence-corrected chi connectivity index (χ1v) is 2.70. The quantitative estimate of drug-likeness (QED) is 0.404. The van der Waals surface area contributed by atoms with E-state index in [0.29, 0.717) is 5.57 Å². The average molecular weight is 119 g/mol. The van der Waals surface area contributed by atoms with Gasteiger partial charge in [-0.25, -0.2) is 0 Å². The van der Waals surface area contributed by atoms with Crippen LogP contribution in [0.4, 0.5) is 0 Å². The molecule has 1 heteroatoms. The van der Waals surface area contributed by atoms with Crippen LogP contribution in [0.15, 0.2) is 36.5 Å². The van der Waals surface area contributed by atoms with Crippen LogP contribution in [0.1, 0.15) is 6.92 Å². The summed E-state index contributed by atoms with van der Waals surface area (Å²) < 4.78 is 0. The van der Waals surface area contributed by atoms with Crippen molar-refractivity contribution in [3.8, 4) is 6.07 Å². The van der Waals surface area contributed by atoms with E-state index < -0.39 is 0 Å². The normalized spacial score (nSPS) is 11.3. The predicted molar refractivity (Wildman–Crippen MR) is 38.7 cm³/mol. The van der Waals surface area contributed by atoms with Gasteiger partial charge in [0.15, 0.2) is 0 Å². The molecule has 9 heavy (non-hydrogen) atoms. The van der Waals surface area contributed by atoms with Crippen molar-refractivity contribution in [1.29, 1.82) is 5.26 Å². The molecule has 0 saturated heterocycles. The van der Waals surface area contributed by atoms with Gasteiger partial charge in [0.1, 0.15) is 0 Å². The molecular weight excluding hydrogens is 110 g/mol. The van der Waals surface area contributed by atoms with E-state index in [4.69, 9.17) is 5.26 Å². The number of rotatable bonds is 2. The van der Waals surface area contributed by atoms with E-state index in [1.54, 1.807) is 12.2 Å². The molecule has 0 saturated carbocycles. The highest BCUT2D eigenvalue weighted by Crippen LogP contribution is 1.91. The summed E-state index contributed by atoms with van der Waals surface area (Å²) in [6.07, 6.45) is 6.91. The van der Waals surface area contributed by atoms with Crippen molar-refractivity contribution in [1.82, 2.24) is 0 Å². The number of hydrogen-bond donors (Lipinski definition) is 0. The lowest BCUT2D eigenvalue weighted by Crippen LogP contribution is -1.65. The summed E-state index contributed by atoms with van der Waals surface area (Å²) in [5.41, 5.74) is 0.591. The van der Waals surface area contributed by atoms with E-state index in [1.807, 2.05) is 19.1 Å². The van der Waals surface area contributed by atoms with Crippen molar-refractivity contribution in [2.45, 2.75) is 6.92 Å². The van der Waals surface area contributed by atoms with Crippen molar-refractivity contribution >= 4 is 0 Å². The molecule has 0 aromatic rings. The average Bonchev–Trinajstić information content (AvgIpc) is 1.91. The van der Waals surface area contributed by atoms with Gasteiger partial charge >= 0.3 is 0 Å². The summed E-state index contributed by atoms with van der Waals surface area (Å²) in [6, 6.07) is 1.98. The number of hydrogen-bond acceptors (Lipinski definition) is 1. The molecule has 0 aliphatic carbocycles. The van der Waals surface area contributed by atoms with Crippen LogP contribution < -0.4 is 0 Å². The molecule has 1 nitrogen and oxygen atoms in total. The van der Waals surface area contributed by atoms with E-state index in [2.05, 4.69) is 6.58 Å². The van der Waals surface area contributed by atoms with Crippen LogP contribution in [0.3, 0.4) is 0 Å². The molecule has 46 valence electrons. The Morgan fingerprint density at radius 1 is 1.67 bits per heavy atom. The van der Waals surface area contributed by atoms with Gasteiger partial charge in [0, 0.05) is 0 Å². The number of nitrogens with zero attached hydrogens (tertiary/aromatic N) is 1. The fourth-order valence-electron chi connectivity index (χ4n) is 0.351. The summed E-state index contributed by atoms with van der Waals surface area (Å²) in [5, 5.41) is 8.33. The molecule has 0 aromatic heterocycles. The lowest BCUT2D eigenvalue weighted by Gasteiger charge is -1.78. The molecule has 0 amide bonds. The van der Waals surface area contributed by atoms with Gasteiger partial charge < -0.3 is 0 Å². The van der Waals surface area contributed by atoms with Crippen LogP contribution in [0.5, 0.6) is 0 Å². The van der Waals surface area contributed by atoms with E-state index in [9.17, 15) is 0 Å². The molecule has 0 fully saturated rings. The van der Waals surface area contributed by atoms with E-state index in [-0.39, 0.29) is 0 Å². The zero-order chi connectivity index (χ0) is 7.11. The highest BCUT2D eigenvalue weighted by atomic mass is 14.2. The minimum Gasteiger partial charge on any atom is -0.192 e. The van der Waals surface area contributed by atoms with Crippen molar-refractivity contribution < 1.29 is 0 Å². The molecular formula is C8H9N. The second kappa shape index (κ2) is 4.86. The van der Waals surface area contributed by atoms with E-state index in [1.165, 1.54) is 6.08 Å². The lowest BCUT2D eigenvalue weighted by molar-refractivity contribution is 1.50. The van der Waals surface area contributed by atoms with Crippen LogP contribution in [0.2, 0.25) is 0 Å². The largest absolute Gasteiger partial charge is 0.192 e. The van der Waals surface area contributed by atoms with Gasteiger partial charge in [0.25, 0.3) is 0 Å². The summed E-state index contributed by atoms with van der Waals surface area (Å²) in [5.74, 6) is 0. The van der Waals surface area contributed by atoms with Crippen molar-refractivity contribution in [3.63, 3.8) is 0 Å². The van der Waals surface area contributed by atoms with Crippen molar-refractivity contribution in [2.24, 2.45) is 0 Å². The zero-order valence-corrected chi connectivity index (χ0v) is 5.46. The molecule has 0 aliphatic heterocycles. The first-order chi connectivity index (χ1) is 4.35. The van der Waals surface area contributed by atoms with Gasteiger partial charge in [0.05, 0.1) is 11.6 Å². The Kier molecular flexibility index (Phi) is 4.16. The molecule has 0 heterocycles. The second-order valence-corrected chi connectivity index (χ2v) is 1.46. The first kappa shape index (κ1) is 7.71. The Balaban J connectivity index is 4.12. The Morgan fingerprint density at radius 2 is 2.33 bits per heavy atom. The summed E-state index contributed by atoms with van der Waals surface area (Å²) in [4.78, 5) is 0. The maximum atomic E-state index is 8.33. The zero-order valence-electron chi connectivity index (χ0n) is 5.46. The van der Waals surface area contributed by atoms with Crippen molar-refractivity contribution in [3.05, 3.63) is 36.5 Å². The van der Waals surface area contributed by atoms with Crippen LogP contribution in [-0.2, 0) is 0 Å². The standard InChI is InChI=1S/C8H9N/c1-3-5-6-8(4-2)7-9/h3-6H,2H2,1H3/b5-3+,8-6+. The van der Waals surface area contributed by atoms with Gasteiger partial charge in [-0.05, 0) is 13.0 Å². The number of nitriles is 1. The molecule has 0 atom stereocenters. The molecule has 0 N–H and O–H groups in total. The summed E-state index contributed by atoms with van der Waals surface area (Å²) in [6.45, 7) is 5.36. The Labute approximate surface area is 55.6 Å². The third-order valence-electron chi connectivity index (χ3n) is 0.817. The van der Waals surface area contributed by atoms with Crippen LogP contribution >= 0.6 is 0 Å². The van der Waals surface area contributed by atoms with Gasteiger partial charge in [-0.1, -0.05) is 24.8 Å². The van der Waals surface area contributed by atoms with Gasteiger partial charge in [-0.2, -0.15) is 5.26 Å². The van der Waals surface area contributed by atoms with Gasteiger partial charge in [-0.3, -0.25) is 0 Å². The fraction of sp³-hybridized carbons (Fsp3) is 0.125. The third kappa shape index (κ3) is 3.31. The monoisotopic (exact) mass is 119 g/mol. The van der Waals surface area contributed by atoms with Crippen LogP contribution in [0, 0.1) is 11.3 Å². The SMILES string of the molecule is C=C/C(C#N)=C\C=C\C. The topological polar surface area (TPSA) is 23.8 Å². The molecule has 0 aromatic carbocycles. The highest BCUT2D eigenvalue weighted by molar-refractivity contribution is 5.34. The fourth-order valence-corrected chi connectivity index (χ4v) is 0.351. The predicted octanol–water partition coefficient (Wildman–Crippen LogP) is 2.20. The minimum atomic E-state index is 0.591. The Bertz CT molecular complexity index is 179. The second-order valence-electron chi connectivity index (χ2n) is 1.46.